The van der Waals surface area contributed by atoms with E-state index in [1.165, 1.54) is 16.7 Å². The lowest BCUT2D eigenvalue weighted by Crippen LogP contribution is -2.40. The highest BCUT2D eigenvalue weighted by Gasteiger charge is 2.38. The van der Waals surface area contributed by atoms with Gasteiger partial charge >= 0.3 is 0 Å². The normalized spacial score (nSPS) is 23.3. The molecule has 3 unspecified atom stereocenters. The molecule has 0 spiro atoms. The van der Waals surface area contributed by atoms with Crippen LogP contribution in [-0.4, -0.2) is 11.4 Å². The Morgan fingerprint density at radius 3 is 2.70 bits per heavy atom. The maximum atomic E-state index is 12.6. The van der Waals surface area contributed by atoms with Crippen molar-refractivity contribution in [3.63, 3.8) is 0 Å². The molecule has 0 aromatic heterocycles. The third-order valence-corrected chi connectivity index (χ3v) is 5.51. The Morgan fingerprint density at radius 2 is 1.96 bits per heavy atom. The molecule has 1 aliphatic heterocycles. The first kappa shape index (κ1) is 17.8. The number of amides is 1. The van der Waals surface area contributed by atoms with E-state index in [9.17, 15) is 4.79 Å². The molecule has 4 rings (SSSR count). The van der Waals surface area contributed by atoms with Crippen LogP contribution in [0.2, 0.25) is 0 Å². The van der Waals surface area contributed by atoms with Crippen LogP contribution in [0.4, 0.5) is 5.69 Å². The second-order valence-corrected chi connectivity index (χ2v) is 8.90. The summed E-state index contributed by atoms with van der Waals surface area (Å²) >= 11 is 0. The molecular formula is C24H28N2O. The average molecular weight is 361 g/mol. The van der Waals surface area contributed by atoms with Crippen molar-refractivity contribution in [3.8, 4) is 0 Å². The molecular weight excluding hydrogens is 332 g/mol. The van der Waals surface area contributed by atoms with Gasteiger partial charge in [0.25, 0.3) is 5.91 Å². The van der Waals surface area contributed by atoms with Gasteiger partial charge in [0, 0.05) is 22.7 Å². The van der Waals surface area contributed by atoms with Gasteiger partial charge < -0.3 is 10.6 Å². The number of rotatable bonds is 2. The standard InChI is InChI=1S/C24H28N2O/c1-15-7-5-8-16(13-15)22-19-10-6-9-18(19)20-14-17(11-12-21(20)25-22)23(27)26-24(2,3)4/h5-9,11-14,18-19,22,25H,10H2,1-4H3,(H,26,27). The van der Waals surface area contributed by atoms with E-state index in [0.717, 1.165) is 17.7 Å². The first-order chi connectivity index (χ1) is 12.8. The van der Waals surface area contributed by atoms with Crippen molar-refractivity contribution < 1.29 is 4.79 Å². The number of carbonyl (C=O) groups excluding carboxylic acids is 1. The van der Waals surface area contributed by atoms with Gasteiger partial charge in [0.1, 0.15) is 0 Å². The Morgan fingerprint density at radius 1 is 1.15 bits per heavy atom. The van der Waals surface area contributed by atoms with E-state index in [2.05, 4.69) is 66.1 Å². The summed E-state index contributed by atoms with van der Waals surface area (Å²) < 4.78 is 0. The molecule has 0 bridgehead atoms. The molecule has 0 saturated heterocycles. The topological polar surface area (TPSA) is 41.1 Å². The van der Waals surface area contributed by atoms with E-state index < -0.39 is 0 Å². The zero-order valence-electron chi connectivity index (χ0n) is 16.5. The van der Waals surface area contributed by atoms with Gasteiger partial charge in [-0.3, -0.25) is 4.79 Å². The summed E-state index contributed by atoms with van der Waals surface area (Å²) in [5.74, 6) is 0.832. The second-order valence-electron chi connectivity index (χ2n) is 8.90. The molecule has 1 heterocycles. The Labute approximate surface area is 161 Å². The largest absolute Gasteiger partial charge is 0.378 e. The molecule has 2 aromatic carbocycles. The second kappa shape index (κ2) is 6.56. The number of nitrogens with one attached hydrogen (secondary N) is 2. The van der Waals surface area contributed by atoms with Crippen molar-refractivity contribution in [2.75, 3.05) is 5.32 Å². The fourth-order valence-corrected chi connectivity index (χ4v) is 4.34. The molecule has 3 nitrogen and oxygen atoms in total. The van der Waals surface area contributed by atoms with Crippen molar-refractivity contribution in [2.45, 2.75) is 51.6 Å². The predicted molar refractivity (Wildman–Crippen MR) is 111 cm³/mol. The number of hydrogen-bond donors (Lipinski definition) is 2. The van der Waals surface area contributed by atoms with E-state index in [4.69, 9.17) is 0 Å². The van der Waals surface area contributed by atoms with Crippen LogP contribution in [0.3, 0.4) is 0 Å². The Balaban J connectivity index is 1.69. The molecule has 3 heteroatoms. The fourth-order valence-electron chi connectivity index (χ4n) is 4.34. The van der Waals surface area contributed by atoms with Gasteiger partial charge in [-0.15, -0.1) is 0 Å². The van der Waals surface area contributed by atoms with E-state index >= 15 is 0 Å². The van der Waals surface area contributed by atoms with Gasteiger partial charge in [0.15, 0.2) is 0 Å². The smallest absolute Gasteiger partial charge is 0.251 e. The number of fused-ring (bicyclic) bond motifs is 3. The number of allylic oxidation sites excluding steroid dienone is 2. The highest BCUT2D eigenvalue weighted by atomic mass is 16.1. The van der Waals surface area contributed by atoms with Crippen molar-refractivity contribution in [3.05, 3.63) is 76.9 Å². The van der Waals surface area contributed by atoms with Crippen molar-refractivity contribution in [1.82, 2.24) is 5.32 Å². The van der Waals surface area contributed by atoms with Gasteiger partial charge in [-0.25, -0.2) is 0 Å². The number of carbonyl (C=O) groups is 1. The lowest BCUT2D eigenvalue weighted by Gasteiger charge is -2.38. The molecule has 0 fully saturated rings. The molecule has 2 N–H and O–H groups in total. The molecule has 2 aromatic rings. The summed E-state index contributed by atoms with van der Waals surface area (Å²) in [6, 6.07) is 15.1. The lowest BCUT2D eigenvalue weighted by atomic mass is 9.76. The monoisotopic (exact) mass is 360 g/mol. The Kier molecular flexibility index (Phi) is 4.33. The highest BCUT2D eigenvalue weighted by Crippen LogP contribution is 2.50. The van der Waals surface area contributed by atoms with Crippen LogP contribution in [0.15, 0.2) is 54.6 Å². The summed E-state index contributed by atoms with van der Waals surface area (Å²) in [7, 11) is 0. The van der Waals surface area contributed by atoms with Crippen LogP contribution < -0.4 is 10.6 Å². The summed E-state index contributed by atoms with van der Waals surface area (Å²) in [6.07, 6.45) is 5.67. The van der Waals surface area contributed by atoms with Crippen LogP contribution in [-0.2, 0) is 0 Å². The Hall–Kier alpha value is -2.55. The minimum absolute atomic E-state index is 0.00960. The number of hydrogen-bond acceptors (Lipinski definition) is 2. The van der Waals surface area contributed by atoms with Crippen LogP contribution >= 0.6 is 0 Å². The molecule has 0 radical (unpaired) electrons. The van der Waals surface area contributed by atoms with Crippen molar-refractivity contribution in [2.24, 2.45) is 5.92 Å². The minimum Gasteiger partial charge on any atom is -0.378 e. The molecule has 140 valence electrons. The number of anilines is 1. The maximum Gasteiger partial charge on any atom is 0.251 e. The van der Waals surface area contributed by atoms with Crippen LogP contribution in [0, 0.1) is 12.8 Å². The molecule has 27 heavy (non-hydrogen) atoms. The van der Waals surface area contributed by atoms with Crippen molar-refractivity contribution >= 4 is 11.6 Å². The quantitative estimate of drug-likeness (QED) is 0.709. The van der Waals surface area contributed by atoms with Crippen LogP contribution in [0.25, 0.3) is 0 Å². The van der Waals surface area contributed by atoms with Crippen molar-refractivity contribution in [1.29, 1.82) is 0 Å². The summed E-state index contributed by atoms with van der Waals surface area (Å²) in [4.78, 5) is 12.6. The first-order valence-electron chi connectivity index (χ1n) is 9.78. The lowest BCUT2D eigenvalue weighted by molar-refractivity contribution is 0.0919. The van der Waals surface area contributed by atoms with E-state index in [-0.39, 0.29) is 11.4 Å². The predicted octanol–water partition coefficient (Wildman–Crippen LogP) is 5.35. The van der Waals surface area contributed by atoms with E-state index in [0.29, 0.717) is 17.9 Å². The van der Waals surface area contributed by atoms with Gasteiger partial charge in [-0.2, -0.15) is 0 Å². The molecule has 0 saturated carbocycles. The van der Waals surface area contributed by atoms with Gasteiger partial charge in [0.05, 0.1) is 6.04 Å². The molecule has 1 aliphatic carbocycles. The van der Waals surface area contributed by atoms with Crippen LogP contribution in [0.1, 0.15) is 66.2 Å². The molecule has 1 amide bonds. The summed E-state index contributed by atoms with van der Waals surface area (Å²) in [5, 5.41) is 6.82. The average Bonchev–Trinajstić information content (AvgIpc) is 3.09. The van der Waals surface area contributed by atoms with Gasteiger partial charge in [-0.05, 0) is 69.4 Å². The SMILES string of the molecule is Cc1cccc(C2Nc3ccc(C(=O)NC(C)(C)C)cc3C3C=CCC32)c1. The summed E-state index contributed by atoms with van der Waals surface area (Å²) in [5.41, 5.74) is 5.50. The summed E-state index contributed by atoms with van der Waals surface area (Å²) in [6.45, 7) is 8.16. The fraction of sp³-hybridized carbons (Fsp3) is 0.375. The number of benzene rings is 2. The number of aryl methyl sites for hydroxylation is 1. The van der Waals surface area contributed by atoms with Crippen LogP contribution in [0.5, 0.6) is 0 Å². The zero-order chi connectivity index (χ0) is 19.2. The zero-order valence-corrected chi connectivity index (χ0v) is 16.5. The maximum absolute atomic E-state index is 12.6. The molecule has 2 aliphatic rings. The first-order valence-corrected chi connectivity index (χ1v) is 9.78. The van der Waals surface area contributed by atoms with E-state index in [1.54, 1.807) is 0 Å². The van der Waals surface area contributed by atoms with Gasteiger partial charge in [0.2, 0.25) is 0 Å². The third kappa shape index (κ3) is 3.51. The van der Waals surface area contributed by atoms with Gasteiger partial charge in [-0.1, -0.05) is 42.0 Å². The minimum atomic E-state index is -0.239. The molecule has 3 atom stereocenters. The Bertz CT molecular complexity index is 907. The third-order valence-electron chi connectivity index (χ3n) is 5.51. The highest BCUT2D eigenvalue weighted by molar-refractivity contribution is 5.95. The van der Waals surface area contributed by atoms with E-state index in [1.807, 2.05) is 26.8 Å².